The van der Waals surface area contributed by atoms with Crippen LogP contribution >= 0.6 is 11.6 Å². The molecule has 19 heavy (non-hydrogen) atoms. The average Bonchev–Trinajstić information content (AvgIpc) is 2.85. The van der Waals surface area contributed by atoms with Crippen molar-refractivity contribution in [1.82, 2.24) is 4.90 Å². The van der Waals surface area contributed by atoms with E-state index in [0.29, 0.717) is 12.6 Å². The van der Waals surface area contributed by atoms with Gasteiger partial charge in [-0.3, -0.25) is 4.90 Å². The molecule has 1 aliphatic rings. The van der Waals surface area contributed by atoms with Crippen LogP contribution in [0.1, 0.15) is 25.3 Å². The van der Waals surface area contributed by atoms with E-state index in [1.165, 1.54) is 25.1 Å². The lowest BCUT2D eigenvalue weighted by atomic mass is 10.1. The molecule has 0 spiro atoms. The summed E-state index contributed by atoms with van der Waals surface area (Å²) >= 11 is 6.03. The van der Waals surface area contributed by atoms with Crippen LogP contribution in [0.5, 0.6) is 0 Å². The number of nitrogens with two attached hydrogens (primary N) is 1. The summed E-state index contributed by atoms with van der Waals surface area (Å²) in [6, 6.07) is 6.66. The molecule has 1 aromatic carbocycles. The zero-order valence-electron chi connectivity index (χ0n) is 11.9. The summed E-state index contributed by atoms with van der Waals surface area (Å²) in [5, 5.41) is 0.758. The van der Waals surface area contributed by atoms with Gasteiger partial charge in [0.25, 0.3) is 0 Å². The number of hydrogen-bond acceptors (Lipinski definition) is 3. The summed E-state index contributed by atoms with van der Waals surface area (Å²) in [5.74, 6) is 0. The molecule has 0 amide bonds. The largest absolute Gasteiger partial charge is 0.373 e. The van der Waals surface area contributed by atoms with Gasteiger partial charge in [-0.25, -0.2) is 0 Å². The third-order valence-corrected chi connectivity index (χ3v) is 4.30. The smallest absolute Gasteiger partial charge is 0.0410 e. The van der Waals surface area contributed by atoms with Crippen LogP contribution < -0.4 is 10.6 Å². The van der Waals surface area contributed by atoms with Crippen molar-refractivity contribution in [3.63, 3.8) is 0 Å². The van der Waals surface area contributed by atoms with Gasteiger partial charge in [0.05, 0.1) is 0 Å². The zero-order chi connectivity index (χ0) is 13.8. The fourth-order valence-corrected chi connectivity index (χ4v) is 3.22. The Hall–Kier alpha value is -0.770. The highest BCUT2D eigenvalue weighted by Crippen LogP contribution is 2.25. The maximum Gasteiger partial charge on any atom is 0.0410 e. The standard InChI is InChI=1S/C15H24ClN3/c1-3-19-8-4-5-14(19)11-18(2)15-7-6-13(16)9-12(15)10-17/h6-7,9,14H,3-5,8,10-11,17H2,1-2H3. The SMILES string of the molecule is CCN1CCCC1CN(C)c1ccc(Cl)cc1CN. The quantitative estimate of drug-likeness (QED) is 0.901. The summed E-state index contributed by atoms with van der Waals surface area (Å²) in [4.78, 5) is 4.88. The Morgan fingerprint density at radius 1 is 1.47 bits per heavy atom. The van der Waals surface area contributed by atoms with Gasteiger partial charge in [-0.05, 0) is 49.7 Å². The first-order valence-corrected chi connectivity index (χ1v) is 7.47. The van der Waals surface area contributed by atoms with Crippen molar-refractivity contribution in [3.05, 3.63) is 28.8 Å². The fraction of sp³-hybridized carbons (Fsp3) is 0.600. The van der Waals surface area contributed by atoms with Gasteiger partial charge in [0.2, 0.25) is 0 Å². The monoisotopic (exact) mass is 281 g/mol. The van der Waals surface area contributed by atoms with Crippen molar-refractivity contribution in [2.45, 2.75) is 32.4 Å². The van der Waals surface area contributed by atoms with Crippen molar-refractivity contribution in [2.24, 2.45) is 5.73 Å². The molecular weight excluding hydrogens is 258 g/mol. The van der Waals surface area contributed by atoms with Gasteiger partial charge in [-0.2, -0.15) is 0 Å². The van der Waals surface area contributed by atoms with Crippen LogP contribution in [0.3, 0.4) is 0 Å². The van der Waals surface area contributed by atoms with Crippen LogP contribution in [0, 0.1) is 0 Å². The van der Waals surface area contributed by atoms with E-state index < -0.39 is 0 Å². The molecule has 1 heterocycles. The molecule has 106 valence electrons. The highest BCUT2D eigenvalue weighted by atomic mass is 35.5. The molecule has 1 aliphatic heterocycles. The maximum absolute atomic E-state index is 6.03. The van der Waals surface area contributed by atoms with E-state index in [9.17, 15) is 0 Å². The third-order valence-electron chi connectivity index (χ3n) is 4.06. The Bertz CT molecular complexity index is 422. The molecule has 0 saturated carbocycles. The minimum absolute atomic E-state index is 0.530. The lowest BCUT2D eigenvalue weighted by Crippen LogP contribution is -2.39. The number of nitrogens with zero attached hydrogens (tertiary/aromatic N) is 2. The van der Waals surface area contributed by atoms with Crippen molar-refractivity contribution < 1.29 is 0 Å². The first-order valence-electron chi connectivity index (χ1n) is 7.09. The zero-order valence-corrected chi connectivity index (χ0v) is 12.7. The number of hydrogen-bond donors (Lipinski definition) is 1. The number of anilines is 1. The molecule has 2 N–H and O–H groups in total. The van der Waals surface area contributed by atoms with E-state index in [0.717, 1.165) is 23.7 Å². The lowest BCUT2D eigenvalue weighted by Gasteiger charge is -2.30. The molecule has 1 aromatic rings. The Balaban J connectivity index is 2.09. The van der Waals surface area contributed by atoms with E-state index in [1.807, 2.05) is 12.1 Å². The molecule has 0 radical (unpaired) electrons. The van der Waals surface area contributed by atoms with Crippen molar-refractivity contribution >= 4 is 17.3 Å². The first kappa shape index (κ1) is 14.6. The summed E-state index contributed by atoms with van der Waals surface area (Å²) in [5.41, 5.74) is 8.15. The summed E-state index contributed by atoms with van der Waals surface area (Å²) in [7, 11) is 2.15. The highest BCUT2D eigenvalue weighted by molar-refractivity contribution is 6.30. The number of likely N-dealkylation sites (N-methyl/N-ethyl adjacent to an activating group) is 2. The van der Waals surface area contributed by atoms with E-state index >= 15 is 0 Å². The predicted molar refractivity (Wildman–Crippen MR) is 82.9 cm³/mol. The molecule has 0 aliphatic carbocycles. The Morgan fingerprint density at radius 2 is 2.26 bits per heavy atom. The van der Waals surface area contributed by atoms with Crippen molar-refractivity contribution in [3.8, 4) is 0 Å². The average molecular weight is 282 g/mol. The molecule has 1 fully saturated rings. The number of rotatable bonds is 5. The van der Waals surface area contributed by atoms with Gasteiger partial charge in [0.15, 0.2) is 0 Å². The van der Waals surface area contributed by atoms with E-state index in [1.54, 1.807) is 0 Å². The van der Waals surface area contributed by atoms with Gasteiger partial charge in [-0.1, -0.05) is 18.5 Å². The van der Waals surface area contributed by atoms with E-state index in [-0.39, 0.29) is 0 Å². The van der Waals surface area contributed by atoms with Gasteiger partial charge in [0, 0.05) is 36.9 Å². The van der Waals surface area contributed by atoms with Crippen LogP contribution in [0.4, 0.5) is 5.69 Å². The Labute approximate surface area is 121 Å². The molecule has 2 rings (SSSR count). The van der Waals surface area contributed by atoms with Crippen LogP contribution in [-0.4, -0.2) is 37.6 Å². The molecular formula is C15H24ClN3. The van der Waals surface area contributed by atoms with Crippen LogP contribution in [0.15, 0.2) is 18.2 Å². The Kier molecular flexibility index (Phi) is 5.08. The molecule has 1 atom stereocenters. The number of benzene rings is 1. The van der Waals surface area contributed by atoms with Crippen molar-refractivity contribution in [2.75, 3.05) is 31.6 Å². The topological polar surface area (TPSA) is 32.5 Å². The van der Waals surface area contributed by atoms with Gasteiger partial charge < -0.3 is 10.6 Å². The van der Waals surface area contributed by atoms with Crippen LogP contribution in [0.2, 0.25) is 5.02 Å². The first-order chi connectivity index (χ1) is 9.15. The van der Waals surface area contributed by atoms with Gasteiger partial charge in [0.1, 0.15) is 0 Å². The summed E-state index contributed by atoms with van der Waals surface area (Å²) < 4.78 is 0. The molecule has 3 nitrogen and oxygen atoms in total. The fourth-order valence-electron chi connectivity index (χ4n) is 3.02. The minimum Gasteiger partial charge on any atom is -0.373 e. The van der Waals surface area contributed by atoms with Crippen molar-refractivity contribution in [1.29, 1.82) is 0 Å². The van der Waals surface area contributed by atoms with Crippen LogP contribution in [0.25, 0.3) is 0 Å². The second-order valence-electron chi connectivity index (χ2n) is 5.28. The van der Waals surface area contributed by atoms with Gasteiger partial charge in [-0.15, -0.1) is 0 Å². The lowest BCUT2D eigenvalue weighted by molar-refractivity contribution is 0.270. The molecule has 4 heteroatoms. The number of likely N-dealkylation sites (tertiary alicyclic amines) is 1. The molecule has 0 aromatic heterocycles. The number of halogens is 1. The molecule has 0 bridgehead atoms. The van der Waals surface area contributed by atoms with Crippen LogP contribution in [-0.2, 0) is 6.54 Å². The predicted octanol–water partition coefficient (Wildman–Crippen LogP) is 2.72. The molecule has 1 saturated heterocycles. The third kappa shape index (κ3) is 3.41. The van der Waals surface area contributed by atoms with Gasteiger partial charge >= 0.3 is 0 Å². The normalized spacial score (nSPS) is 19.9. The maximum atomic E-state index is 6.03. The second kappa shape index (κ2) is 6.60. The Morgan fingerprint density at radius 3 is 2.95 bits per heavy atom. The summed E-state index contributed by atoms with van der Waals surface area (Å²) in [6.07, 6.45) is 2.61. The van der Waals surface area contributed by atoms with E-state index in [2.05, 4.69) is 29.8 Å². The second-order valence-corrected chi connectivity index (χ2v) is 5.72. The minimum atomic E-state index is 0.530. The molecule has 1 unspecified atom stereocenters. The summed E-state index contributed by atoms with van der Waals surface area (Å²) in [6.45, 7) is 6.21. The highest BCUT2D eigenvalue weighted by Gasteiger charge is 2.24. The van der Waals surface area contributed by atoms with E-state index in [4.69, 9.17) is 17.3 Å².